The topological polar surface area (TPSA) is 107 Å². The molecule has 1 saturated heterocycles. The van der Waals surface area contributed by atoms with Gasteiger partial charge in [0.1, 0.15) is 6.10 Å². The predicted molar refractivity (Wildman–Crippen MR) is 96.0 cm³/mol. The van der Waals surface area contributed by atoms with Crippen LogP contribution in [0.2, 0.25) is 0 Å². The number of likely N-dealkylation sites (N-methyl/N-ethyl adjacent to an activating group) is 1. The second kappa shape index (κ2) is 6.21. The van der Waals surface area contributed by atoms with E-state index in [4.69, 9.17) is 14.9 Å². The highest BCUT2D eigenvalue weighted by atomic mass is 16.5. The minimum atomic E-state index is -1.23. The summed E-state index contributed by atoms with van der Waals surface area (Å²) in [6.45, 7) is 2.20. The van der Waals surface area contributed by atoms with E-state index in [9.17, 15) is 14.7 Å². The number of carbonyl (C=O) groups excluding carboxylic acids is 1. The molecule has 2 aliphatic heterocycles. The van der Waals surface area contributed by atoms with Crippen LogP contribution in [-0.2, 0) is 21.4 Å². The number of aliphatic carboxylic acids is 1. The van der Waals surface area contributed by atoms with E-state index >= 15 is 0 Å². The summed E-state index contributed by atoms with van der Waals surface area (Å²) in [5, 5.41) is 26.0. The van der Waals surface area contributed by atoms with Gasteiger partial charge in [-0.3, -0.25) is 4.79 Å². The molecular weight excluding hydrogens is 350 g/mol. The van der Waals surface area contributed by atoms with Gasteiger partial charge < -0.3 is 25.0 Å². The van der Waals surface area contributed by atoms with E-state index in [-0.39, 0.29) is 23.1 Å². The number of phenols is 1. The number of phenolic OH excluding ortho intramolecular Hbond substituents is 1. The Morgan fingerprint density at radius 3 is 2.78 bits per heavy atom. The third-order valence-electron chi connectivity index (χ3n) is 6.74. The Balaban J connectivity index is 0.000000264. The first-order valence-corrected chi connectivity index (χ1v) is 9.43. The first-order chi connectivity index (χ1) is 12.8. The van der Waals surface area contributed by atoms with Crippen molar-refractivity contribution in [3.05, 3.63) is 23.3 Å². The number of carboxylic acids is 1. The smallest absolute Gasteiger partial charge is 0.332 e. The summed E-state index contributed by atoms with van der Waals surface area (Å²) in [4.78, 5) is 24.4. The third-order valence-corrected chi connectivity index (χ3v) is 6.74. The molecule has 1 aromatic rings. The Bertz CT molecular complexity index is 806. The van der Waals surface area contributed by atoms with Gasteiger partial charge in [-0.25, -0.2) is 4.79 Å². The fraction of sp³-hybridized carbons (Fsp3) is 0.600. The number of carbonyl (C=O) groups is 2. The van der Waals surface area contributed by atoms with Crippen LogP contribution in [0.15, 0.2) is 12.1 Å². The van der Waals surface area contributed by atoms with E-state index in [2.05, 4.69) is 11.9 Å². The Hall–Kier alpha value is -2.12. The van der Waals surface area contributed by atoms with Crippen LogP contribution in [0.1, 0.15) is 37.3 Å². The number of ether oxygens (including phenoxy) is 1. The van der Waals surface area contributed by atoms with Gasteiger partial charge in [-0.15, -0.1) is 0 Å². The van der Waals surface area contributed by atoms with Crippen LogP contribution >= 0.6 is 0 Å². The molecule has 2 heterocycles. The molecule has 146 valence electrons. The molecule has 0 aromatic heterocycles. The highest BCUT2D eigenvalue weighted by molar-refractivity contribution is 5.89. The zero-order chi connectivity index (χ0) is 19.5. The van der Waals surface area contributed by atoms with Crippen molar-refractivity contribution in [3.63, 3.8) is 0 Å². The third kappa shape index (κ3) is 2.48. The van der Waals surface area contributed by atoms with Crippen LogP contribution in [0.25, 0.3) is 0 Å². The van der Waals surface area contributed by atoms with E-state index < -0.39 is 12.1 Å². The van der Waals surface area contributed by atoms with Crippen molar-refractivity contribution in [2.24, 2.45) is 5.92 Å². The zero-order valence-electron chi connectivity index (χ0n) is 15.5. The molecule has 7 heteroatoms. The summed E-state index contributed by atoms with van der Waals surface area (Å²) < 4.78 is 6.04. The van der Waals surface area contributed by atoms with Crippen LogP contribution in [0.4, 0.5) is 0 Å². The summed E-state index contributed by atoms with van der Waals surface area (Å²) in [6, 6.07) is 4.26. The predicted octanol–water partition coefficient (Wildman–Crippen LogP) is 1.08. The monoisotopic (exact) mass is 375 g/mol. The molecule has 1 aromatic carbocycles. The molecular formula is C20H25NO6. The number of aliphatic hydroxyl groups is 1. The van der Waals surface area contributed by atoms with E-state index in [1.807, 2.05) is 6.07 Å². The van der Waals surface area contributed by atoms with Crippen LogP contribution in [0, 0.1) is 5.92 Å². The molecule has 4 aliphatic rings. The lowest BCUT2D eigenvalue weighted by Crippen LogP contribution is -2.65. The van der Waals surface area contributed by atoms with Crippen LogP contribution < -0.4 is 4.74 Å². The normalized spacial score (nSPS) is 34.0. The fourth-order valence-corrected chi connectivity index (χ4v) is 5.52. The summed E-state index contributed by atoms with van der Waals surface area (Å²) >= 11 is 0. The number of carboxylic acid groups (broad SMARTS) is 1. The molecule has 7 nitrogen and oxygen atoms in total. The van der Waals surface area contributed by atoms with Gasteiger partial charge in [0, 0.05) is 23.4 Å². The number of likely N-dealkylation sites (tertiary alicyclic amines) is 1. The van der Waals surface area contributed by atoms with Crippen molar-refractivity contribution in [2.75, 3.05) is 13.6 Å². The lowest BCUT2D eigenvalue weighted by atomic mass is 9.52. The van der Waals surface area contributed by atoms with Crippen LogP contribution in [0.5, 0.6) is 11.5 Å². The van der Waals surface area contributed by atoms with Gasteiger partial charge in [-0.05, 0) is 57.3 Å². The summed E-state index contributed by atoms with van der Waals surface area (Å²) in [6.07, 6.45) is 1.95. The van der Waals surface area contributed by atoms with Crippen molar-refractivity contribution in [2.45, 2.75) is 56.3 Å². The summed E-state index contributed by atoms with van der Waals surface area (Å²) in [7, 11) is 2.20. The van der Waals surface area contributed by atoms with Gasteiger partial charge >= 0.3 is 5.97 Å². The SMILES string of the molecule is CC(O)C(=O)O.CN1CC[C@]23c4c5ccc(O)c4O[C@H]2C(=O)CC[C@H]3[C@H]1C5. The Kier molecular flexibility index (Phi) is 4.20. The van der Waals surface area contributed by atoms with E-state index in [1.54, 1.807) is 6.07 Å². The van der Waals surface area contributed by atoms with E-state index in [1.165, 1.54) is 12.5 Å². The van der Waals surface area contributed by atoms with E-state index in [0.29, 0.717) is 24.1 Å². The number of benzene rings is 1. The number of hydrogen-bond acceptors (Lipinski definition) is 6. The van der Waals surface area contributed by atoms with Gasteiger partial charge in [0.15, 0.2) is 23.4 Å². The minimum absolute atomic E-state index is 0.172. The van der Waals surface area contributed by atoms with Crippen molar-refractivity contribution in [3.8, 4) is 11.5 Å². The van der Waals surface area contributed by atoms with Gasteiger partial charge in [-0.2, -0.15) is 0 Å². The minimum Gasteiger partial charge on any atom is -0.504 e. The van der Waals surface area contributed by atoms with Gasteiger partial charge in [-0.1, -0.05) is 6.07 Å². The molecule has 1 spiro atoms. The van der Waals surface area contributed by atoms with Crippen molar-refractivity contribution >= 4 is 11.8 Å². The number of ketones is 1. The molecule has 3 N–H and O–H groups in total. The highest BCUT2D eigenvalue weighted by Crippen LogP contribution is 2.62. The Morgan fingerprint density at radius 2 is 2.11 bits per heavy atom. The summed E-state index contributed by atoms with van der Waals surface area (Å²) in [5.41, 5.74) is 2.26. The number of nitrogens with zero attached hydrogens (tertiary/aromatic N) is 1. The van der Waals surface area contributed by atoms with Crippen molar-refractivity contribution < 1.29 is 29.6 Å². The lowest BCUT2D eigenvalue weighted by Gasteiger charge is -2.57. The molecule has 2 bridgehead atoms. The number of Topliss-reactive ketones (excluding diaryl/α,β-unsaturated/α-hetero) is 1. The Morgan fingerprint density at radius 1 is 1.41 bits per heavy atom. The standard InChI is InChI=1S/C17H19NO3.C3H6O3/c1-18-7-6-17-10-3-5-13(20)16(17)21-15-12(19)4-2-9(14(15)17)8-11(10)18;1-2(4)3(5)6/h2,4,10-11,16,19H,3,5-8H2,1H3;2,4H,1H3,(H,5,6)/t10-,11+,16-,17-;/m0./s1. The molecule has 2 aliphatic carbocycles. The first kappa shape index (κ1) is 18.3. The Labute approximate surface area is 157 Å². The maximum Gasteiger partial charge on any atom is 0.332 e. The second-order valence-corrected chi connectivity index (χ2v) is 8.11. The average molecular weight is 375 g/mol. The van der Waals surface area contributed by atoms with Gasteiger partial charge in [0.25, 0.3) is 0 Å². The van der Waals surface area contributed by atoms with Gasteiger partial charge in [0.05, 0.1) is 0 Å². The lowest BCUT2D eigenvalue weighted by molar-refractivity contribution is -0.145. The second-order valence-electron chi connectivity index (χ2n) is 8.11. The number of piperidine rings is 1. The summed E-state index contributed by atoms with van der Waals surface area (Å²) in [5.74, 6) is 0.310. The quantitative estimate of drug-likeness (QED) is 0.674. The molecule has 0 amide bonds. The molecule has 1 saturated carbocycles. The fourth-order valence-electron chi connectivity index (χ4n) is 5.52. The van der Waals surface area contributed by atoms with Crippen LogP contribution in [0.3, 0.4) is 0 Å². The van der Waals surface area contributed by atoms with Crippen molar-refractivity contribution in [1.29, 1.82) is 0 Å². The van der Waals surface area contributed by atoms with Gasteiger partial charge in [0.2, 0.25) is 0 Å². The number of hydrogen-bond donors (Lipinski definition) is 3. The molecule has 27 heavy (non-hydrogen) atoms. The number of rotatable bonds is 1. The van der Waals surface area contributed by atoms with Crippen molar-refractivity contribution in [1.82, 2.24) is 4.90 Å². The highest BCUT2D eigenvalue weighted by Gasteiger charge is 2.65. The van der Waals surface area contributed by atoms with Crippen LogP contribution in [-0.4, -0.2) is 63.8 Å². The maximum absolute atomic E-state index is 12.5. The first-order valence-electron chi connectivity index (χ1n) is 9.43. The molecule has 1 unspecified atom stereocenters. The number of aliphatic hydroxyl groups excluding tert-OH is 1. The molecule has 2 fully saturated rings. The number of aromatic hydroxyl groups is 1. The molecule has 0 radical (unpaired) electrons. The average Bonchev–Trinajstić information content (AvgIpc) is 2.98. The zero-order valence-corrected chi connectivity index (χ0v) is 15.5. The molecule has 5 atom stereocenters. The molecule has 5 rings (SSSR count). The largest absolute Gasteiger partial charge is 0.504 e. The maximum atomic E-state index is 12.5. The van der Waals surface area contributed by atoms with E-state index in [0.717, 1.165) is 31.4 Å².